The predicted molar refractivity (Wildman–Crippen MR) is 71.3 cm³/mol. The summed E-state index contributed by atoms with van der Waals surface area (Å²) >= 11 is 5.98. The van der Waals surface area contributed by atoms with Crippen LogP contribution in [0.25, 0.3) is 0 Å². The van der Waals surface area contributed by atoms with Gasteiger partial charge >= 0.3 is 0 Å². The first kappa shape index (κ1) is 13.8. The third kappa shape index (κ3) is 3.94. The van der Waals surface area contributed by atoms with E-state index in [-0.39, 0.29) is 11.9 Å². The lowest BCUT2D eigenvalue weighted by Gasteiger charge is -2.15. The molecule has 1 fully saturated rings. The van der Waals surface area contributed by atoms with Crippen molar-refractivity contribution in [2.45, 2.75) is 44.2 Å². The van der Waals surface area contributed by atoms with E-state index in [1.807, 2.05) is 0 Å². The second-order valence-electron chi connectivity index (χ2n) is 4.91. The van der Waals surface area contributed by atoms with Crippen molar-refractivity contribution in [2.75, 3.05) is 6.61 Å². The van der Waals surface area contributed by atoms with Crippen molar-refractivity contribution in [3.63, 3.8) is 0 Å². The van der Waals surface area contributed by atoms with Crippen LogP contribution in [0.4, 0.5) is 4.39 Å². The highest BCUT2D eigenvalue weighted by Crippen LogP contribution is 2.21. The zero-order valence-corrected chi connectivity index (χ0v) is 11.1. The minimum Gasteiger partial charge on any atom is -0.378 e. The number of benzene rings is 1. The Morgan fingerprint density at radius 3 is 3.00 bits per heavy atom. The minimum absolute atomic E-state index is 0.0529. The SMILES string of the molecule is NC(CCC1CCCO1)Cc1ccc(F)cc1Cl. The van der Waals surface area contributed by atoms with Gasteiger partial charge in [0.25, 0.3) is 0 Å². The van der Waals surface area contributed by atoms with E-state index in [2.05, 4.69) is 0 Å². The molecule has 2 nitrogen and oxygen atoms in total. The lowest BCUT2D eigenvalue weighted by molar-refractivity contribution is 0.101. The van der Waals surface area contributed by atoms with Crippen LogP contribution in [0.1, 0.15) is 31.2 Å². The lowest BCUT2D eigenvalue weighted by Crippen LogP contribution is -2.24. The Bertz CT molecular complexity index is 393. The van der Waals surface area contributed by atoms with Crippen LogP contribution >= 0.6 is 11.6 Å². The van der Waals surface area contributed by atoms with Crippen LogP contribution in [-0.4, -0.2) is 18.8 Å². The largest absolute Gasteiger partial charge is 0.378 e. The summed E-state index contributed by atoms with van der Waals surface area (Å²) in [5.74, 6) is -0.309. The summed E-state index contributed by atoms with van der Waals surface area (Å²) in [6, 6.07) is 4.53. The summed E-state index contributed by atoms with van der Waals surface area (Å²) in [6.07, 6.45) is 5.28. The molecule has 0 bridgehead atoms. The Morgan fingerprint density at radius 1 is 1.50 bits per heavy atom. The van der Waals surface area contributed by atoms with Crippen molar-refractivity contribution in [1.82, 2.24) is 0 Å². The van der Waals surface area contributed by atoms with Crippen molar-refractivity contribution in [2.24, 2.45) is 5.73 Å². The molecule has 0 saturated carbocycles. The smallest absolute Gasteiger partial charge is 0.124 e. The summed E-state index contributed by atoms with van der Waals surface area (Å²) in [5.41, 5.74) is 7.00. The molecule has 0 aromatic heterocycles. The fourth-order valence-corrected chi connectivity index (χ4v) is 2.59. The zero-order valence-electron chi connectivity index (χ0n) is 10.4. The Morgan fingerprint density at radius 2 is 2.33 bits per heavy atom. The second-order valence-corrected chi connectivity index (χ2v) is 5.32. The van der Waals surface area contributed by atoms with E-state index in [1.54, 1.807) is 6.07 Å². The Labute approximate surface area is 112 Å². The van der Waals surface area contributed by atoms with E-state index in [0.29, 0.717) is 17.5 Å². The monoisotopic (exact) mass is 271 g/mol. The third-order valence-corrected chi connectivity index (χ3v) is 3.73. The van der Waals surface area contributed by atoms with Crippen LogP contribution < -0.4 is 5.73 Å². The molecule has 18 heavy (non-hydrogen) atoms. The molecule has 0 spiro atoms. The summed E-state index contributed by atoms with van der Waals surface area (Å²) < 4.78 is 18.5. The Hall–Kier alpha value is -0.640. The van der Waals surface area contributed by atoms with Gasteiger partial charge in [0.15, 0.2) is 0 Å². The molecular formula is C14H19ClFNO. The maximum atomic E-state index is 12.9. The maximum Gasteiger partial charge on any atom is 0.124 e. The van der Waals surface area contributed by atoms with E-state index in [4.69, 9.17) is 22.1 Å². The Balaban J connectivity index is 1.80. The van der Waals surface area contributed by atoms with Crippen molar-refractivity contribution >= 4 is 11.6 Å². The van der Waals surface area contributed by atoms with Crippen molar-refractivity contribution in [3.8, 4) is 0 Å². The minimum atomic E-state index is -0.309. The van der Waals surface area contributed by atoms with Gasteiger partial charge in [-0.3, -0.25) is 0 Å². The van der Waals surface area contributed by atoms with Crippen molar-refractivity contribution in [3.05, 3.63) is 34.6 Å². The first-order valence-corrected chi connectivity index (χ1v) is 6.84. The number of nitrogens with two attached hydrogens (primary N) is 1. The van der Waals surface area contributed by atoms with Gasteiger partial charge in [-0.1, -0.05) is 17.7 Å². The molecule has 2 N–H and O–H groups in total. The van der Waals surface area contributed by atoms with E-state index in [9.17, 15) is 4.39 Å². The maximum absolute atomic E-state index is 12.9. The van der Waals surface area contributed by atoms with Crippen LogP contribution in [0.3, 0.4) is 0 Å². The van der Waals surface area contributed by atoms with Gasteiger partial charge in [-0.2, -0.15) is 0 Å². The van der Waals surface area contributed by atoms with Crippen LogP contribution in [-0.2, 0) is 11.2 Å². The van der Waals surface area contributed by atoms with E-state index >= 15 is 0 Å². The molecule has 0 aliphatic carbocycles. The molecule has 0 radical (unpaired) electrons. The van der Waals surface area contributed by atoms with Crippen molar-refractivity contribution < 1.29 is 9.13 Å². The molecule has 1 heterocycles. The highest BCUT2D eigenvalue weighted by molar-refractivity contribution is 6.31. The molecule has 2 rings (SSSR count). The van der Waals surface area contributed by atoms with E-state index < -0.39 is 0 Å². The zero-order chi connectivity index (χ0) is 13.0. The molecule has 0 amide bonds. The highest BCUT2D eigenvalue weighted by Gasteiger charge is 2.17. The fraction of sp³-hybridized carbons (Fsp3) is 0.571. The quantitative estimate of drug-likeness (QED) is 0.892. The third-order valence-electron chi connectivity index (χ3n) is 3.38. The molecule has 1 aliphatic heterocycles. The normalized spacial score (nSPS) is 21.2. The average molecular weight is 272 g/mol. The van der Waals surface area contributed by atoms with Crippen LogP contribution in [0.2, 0.25) is 5.02 Å². The van der Waals surface area contributed by atoms with Gasteiger partial charge in [0, 0.05) is 17.7 Å². The van der Waals surface area contributed by atoms with Crippen LogP contribution in [0, 0.1) is 5.82 Å². The molecule has 4 heteroatoms. The molecule has 1 aromatic rings. The average Bonchev–Trinajstić information content (AvgIpc) is 2.83. The standard InChI is InChI=1S/C14H19ClFNO/c15-14-9-11(16)4-3-10(14)8-12(17)5-6-13-2-1-7-18-13/h3-4,9,12-13H,1-2,5-8,17H2. The summed E-state index contributed by atoms with van der Waals surface area (Å²) in [4.78, 5) is 0. The number of hydrogen-bond acceptors (Lipinski definition) is 2. The molecular weight excluding hydrogens is 253 g/mol. The number of hydrogen-bond donors (Lipinski definition) is 1. The van der Waals surface area contributed by atoms with E-state index in [1.165, 1.54) is 12.1 Å². The summed E-state index contributed by atoms with van der Waals surface area (Å²) in [6.45, 7) is 0.879. The first-order valence-electron chi connectivity index (χ1n) is 6.46. The van der Waals surface area contributed by atoms with Crippen molar-refractivity contribution in [1.29, 1.82) is 0 Å². The van der Waals surface area contributed by atoms with E-state index in [0.717, 1.165) is 37.9 Å². The Kier molecular flexibility index (Phi) is 4.98. The molecule has 2 unspecified atom stereocenters. The highest BCUT2D eigenvalue weighted by atomic mass is 35.5. The molecule has 1 saturated heterocycles. The molecule has 1 aromatic carbocycles. The topological polar surface area (TPSA) is 35.2 Å². The first-order chi connectivity index (χ1) is 8.65. The number of ether oxygens (including phenoxy) is 1. The van der Waals surface area contributed by atoms with Gasteiger partial charge in [0.2, 0.25) is 0 Å². The summed E-state index contributed by atoms with van der Waals surface area (Å²) in [5, 5.41) is 0.461. The van der Waals surface area contributed by atoms with Gasteiger partial charge in [-0.25, -0.2) is 4.39 Å². The molecule has 1 aliphatic rings. The number of rotatable bonds is 5. The molecule has 2 atom stereocenters. The molecule has 100 valence electrons. The summed E-state index contributed by atoms with van der Waals surface area (Å²) in [7, 11) is 0. The van der Waals surface area contributed by atoms with Gasteiger partial charge in [-0.05, 0) is 49.8 Å². The second kappa shape index (κ2) is 6.50. The van der Waals surface area contributed by atoms with Gasteiger partial charge in [0.1, 0.15) is 5.82 Å². The fourth-order valence-electron chi connectivity index (χ4n) is 2.34. The lowest BCUT2D eigenvalue weighted by atomic mass is 10.00. The van der Waals surface area contributed by atoms with Gasteiger partial charge in [-0.15, -0.1) is 0 Å². The predicted octanol–water partition coefficient (Wildman–Crippen LogP) is 3.31. The number of halogens is 2. The van der Waals surface area contributed by atoms with Crippen LogP contribution in [0.15, 0.2) is 18.2 Å². The van der Waals surface area contributed by atoms with Gasteiger partial charge in [0.05, 0.1) is 6.10 Å². The van der Waals surface area contributed by atoms with Gasteiger partial charge < -0.3 is 10.5 Å². The van der Waals surface area contributed by atoms with Crippen LogP contribution in [0.5, 0.6) is 0 Å².